The van der Waals surface area contributed by atoms with Crippen LogP contribution in [0.15, 0.2) is 16.7 Å². The van der Waals surface area contributed by atoms with Gasteiger partial charge in [0.2, 0.25) is 5.78 Å². The molecule has 6 heteroatoms. The molecule has 0 saturated heterocycles. The molecule has 0 saturated carbocycles. The second-order valence-corrected chi connectivity index (χ2v) is 5.25. The third-order valence-electron chi connectivity index (χ3n) is 2.97. The van der Waals surface area contributed by atoms with Gasteiger partial charge in [-0.15, -0.1) is 0 Å². The van der Waals surface area contributed by atoms with E-state index in [9.17, 15) is 4.79 Å². The first-order chi connectivity index (χ1) is 9.08. The van der Waals surface area contributed by atoms with Crippen LogP contribution in [0, 0.1) is 0 Å². The largest absolute Gasteiger partial charge is 0.285 e. The third kappa shape index (κ3) is 2.63. The molecule has 19 heavy (non-hydrogen) atoms. The van der Waals surface area contributed by atoms with Gasteiger partial charge in [-0.1, -0.05) is 13.8 Å². The van der Waals surface area contributed by atoms with Crippen LogP contribution in [0.2, 0.25) is 0 Å². The van der Waals surface area contributed by atoms with Gasteiger partial charge >= 0.3 is 0 Å². The van der Waals surface area contributed by atoms with Crippen molar-refractivity contribution in [2.75, 3.05) is 0 Å². The number of carbonyl (C=O) groups excluding carboxylic acids is 1. The molecule has 102 valence electrons. The molecular formula is C13H17BrN4O. The SMILES string of the molecule is CCCn1ncc(Br)c1C(=O)c1cc(CC)nn1C. The minimum atomic E-state index is -0.0486. The molecule has 2 rings (SSSR count). The zero-order valence-electron chi connectivity index (χ0n) is 11.4. The van der Waals surface area contributed by atoms with Crippen molar-refractivity contribution >= 4 is 21.7 Å². The standard InChI is InChI=1S/C13H17BrN4O/c1-4-6-18-12(10(14)8-15-18)13(19)11-7-9(5-2)16-17(11)3/h7-8H,4-6H2,1-3H3. The van der Waals surface area contributed by atoms with E-state index in [-0.39, 0.29) is 5.78 Å². The van der Waals surface area contributed by atoms with E-state index in [0.29, 0.717) is 11.4 Å². The molecule has 0 aliphatic carbocycles. The predicted octanol–water partition coefficient (Wildman–Crippen LogP) is 2.58. The molecule has 5 nitrogen and oxygen atoms in total. The number of hydrogen-bond acceptors (Lipinski definition) is 3. The Labute approximate surface area is 120 Å². The molecule has 0 unspecified atom stereocenters. The van der Waals surface area contributed by atoms with E-state index in [1.165, 1.54) is 0 Å². The van der Waals surface area contributed by atoms with Crippen molar-refractivity contribution in [1.29, 1.82) is 0 Å². The van der Waals surface area contributed by atoms with Crippen LogP contribution in [0.5, 0.6) is 0 Å². The Bertz CT molecular complexity index is 600. The van der Waals surface area contributed by atoms with Gasteiger partial charge in [0.05, 0.1) is 16.4 Å². The summed E-state index contributed by atoms with van der Waals surface area (Å²) in [4.78, 5) is 12.6. The molecular weight excluding hydrogens is 308 g/mol. The van der Waals surface area contributed by atoms with Crippen LogP contribution in [-0.4, -0.2) is 25.3 Å². The maximum Gasteiger partial charge on any atom is 0.230 e. The second kappa shape index (κ2) is 5.69. The van der Waals surface area contributed by atoms with Crippen LogP contribution >= 0.6 is 15.9 Å². The molecule has 0 fully saturated rings. The monoisotopic (exact) mass is 324 g/mol. The molecule has 2 heterocycles. The van der Waals surface area contributed by atoms with E-state index in [0.717, 1.165) is 29.6 Å². The van der Waals surface area contributed by atoms with Crippen molar-refractivity contribution in [3.8, 4) is 0 Å². The molecule has 0 bridgehead atoms. The predicted molar refractivity (Wildman–Crippen MR) is 76.2 cm³/mol. The van der Waals surface area contributed by atoms with Crippen molar-refractivity contribution in [2.45, 2.75) is 33.2 Å². The summed E-state index contributed by atoms with van der Waals surface area (Å²) in [5.41, 5.74) is 2.10. The Morgan fingerprint density at radius 3 is 2.74 bits per heavy atom. The van der Waals surface area contributed by atoms with Crippen molar-refractivity contribution in [3.63, 3.8) is 0 Å². The van der Waals surface area contributed by atoms with E-state index < -0.39 is 0 Å². The molecule has 0 atom stereocenters. The summed E-state index contributed by atoms with van der Waals surface area (Å²) in [6.45, 7) is 4.81. The van der Waals surface area contributed by atoms with Gasteiger partial charge in [0.1, 0.15) is 11.4 Å². The highest BCUT2D eigenvalue weighted by Crippen LogP contribution is 2.20. The lowest BCUT2D eigenvalue weighted by molar-refractivity contribution is 0.101. The first-order valence-corrected chi connectivity index (χ1v) is 7.16. The summed E-state index contributed by atoms with van der Waals surface area (Å²) in [5, 5.41) is 8.54. The molecule has 0 N–H and O–H groups in total. The van der Waals surface area contributed by atoms with Crippen LogP contribution in [0.3, 0.4) is 0 Å². The van der Waals surface area contributed by atoms with Gasteiger partial charge in [0.25, 0.3) is 0 Å². The van der Waals surface area contributed by atoms with Crippen LogP contribution in [-0.2, 0) is 20.0 Å². The number of nitrogens with zero attached hydrogens (tertiary/aromatic N) is 4. The van der Waals surface area contributed by atoms with E-state index in [2.05, 4.69) is 33.1 Å². The number of hydrogen-bond donors (Lipinski definition) is 0. The molecule has 0 aliphatic heterocycles. The maximum atomic E-state index is 12.6. The number of rotatable bonds is 5. The molecule has 2 aromatic heterocycles. The zero-order valence-corrected chi connectivity index (χ0v) is 12.9. The van der Waals surface area contributed by atoms with Gasteiger partial charge in [-0.2, -0.15) is 10.2 Å². The first kappa shape index (κ1) is 14.0. The highest BCUT2D eigenvalue weighted by molar-refractivity contribution is 9.10. The summed E-state index contributed by atoms with van der Waals surface area (Å²) in [6.07, 6.45) is 3.41. The zero-order chi connectivity index (χ0) is 14.0. The lowest BCUT2D eigenvalue weighted by atomic mass is 10.2. The van der Waals surface area contributed by atoms with Gasteiger partial charge in [0, 0.05) is 13.6 Å². The van der Waals surface area contributed by atoms with E-state index in [1.54, 1.807) is 22.6 Å². The van der Waals surface area contributed by atoms with Crippen LogP contribution in [0.4, 0.5) is 0 Å². The van der Waals surface area contributed by atoms with Gasteiger partial charge in [0.15, 0.2) is 0 Å². The molecule has 0 aliphatic rings. The summed E-state index contributed by atoms with van der Waals surface area (Å²) >= 11 is 3.40. The number of halogens is 1. The van der Waals surface area contributed by atoms with Gasteiger partial charge in [-0.3, -0.25) is 14.2 Å². The normalized spacial score (nSPS) is 10.9. The van der Waals surface area contributed by atoms with E-state index in [4.69, 9.17) is 0 Å². The fraction of sp³-hybridized carbons (Fsp3) is 0.462. The molecule has 0 aromatic carbocycles. The highest BCUT2D eigenvalue weighted by Gasteiger charge is 2.22. The lowest BCUT2D eigenvalue weighted by Crippen LogP contribution is -2.15. The summed E-state index contributed by atoms with van der Waals surface area (Å²) in [6, 6.07) is 1.85. The fourth-order valence-corrected chi connectivity index (χ4v) is 2.48. The topological polar surface area (TPSA) is 52.7 Å². The molecule has 2 aromatic rings. The van der Waals surface area contributed by atoms with Crippen molar-refractivity contribution in [1.82, 2.24) is 19.6 Å². The fourth-order valence-electron chi connectivity index (χ4n) is 2.00. The van der Waals surface area contributed by atoms with Crippen LogP contribution in [0.25, 0.3) is 0 Å². The Kier molecular flexibility index (Phi) is 4.19. The highest BCUT2D eigenvalue weighted by atomic mass is 79.9. The van der Waals surface area contributed by atoms with E-state index in [1.807, 2.05) is 13.0 Å². The average Bonchev–Trinajstić information content (AvgIpc) is 2.93. The Morgan fingerprint density at radius 2 is 2.16 bits per heavy atom. The molecule has 0 radical (unpaired) electrons. The maximum absolute atomic E-state index is 12.6. The number of aromatic nitrogens is 4. The van der Waals surface area contributed by atoms with Crippen molar-refractivity contribution in [3.05, 3.63) is 33.8 Å². The van der Waals surface area contributed by atoms with Gasteiger partial charge in [-0.25, -0.2) is 0 Å². The van der Waals surface area contributed by atoms with Crippen LogP contribution in [0.1, 0.15) is 42.1 Å². The summed E-state index contributed by atoms with van der Waals surface area (Å²) in [7, 11) is 1.79. The Hall–Kier alpha value is -1.43. The minimum Gasteiger partial charge on any atom is -0.285 e. The Morgan fingerprint density at radius 1 is 1.42 bits per heavy atom. The van der Waals surface area contributed by atoms with E-state index >= 15 is 0 Å². The average molecular weight is 325 g/mol. The lowest BCUT2D eigenvalue weighted by Gasteiger charge is -2.06. The number of aryl methyl sites for hydroxylation is 3. The second-order valence-electron chi connectivity index (χ2n) is 4.39. The summed E-state index contributed by atoms with van der Waals surface area (Å²) < 4.78 is 4.10. The molecule has 0 spiro atoms. The van der Waals surface area contributed by atoms with Crippen LogP contribution < -0.4 is 0 Å². The minimum absolute atomic E-state index is 0.0486. The van der Waals surface area contributed by atoms with Gasteiger partial charge < -0.3 is 0 Å². The molecule has 0 amide bonds. The Balaban J connectivity index is 2.43. The number of carbonyl (C=O) groups is 1. The van der Waals surface area contributed by atoms with Crippen molar-refractivity contribution < 1.29 is 4.79 Å². The quantitative estimate of drug-likeness (QED) is 0.794. The van der Waals surface area contributed by atoms with Gasteiger partial charge in [-0.05, 0) is 34.8 Å². The number of ketones is 1. The smallest absolute Gasteiger partial charge is 0.230 e. The first-order valence-electron chi connectivity index (χ1n) is 6.37. The van der Waals surface area contributed by atoms with Crippen molar-refractivity contribution in [2.24, 2.45) is 7.05 Å². The third-order valence-corrected chi connectivity index (χ3v) is 3.55. The summed E-state index contributed by atoms with van der Waals surface area (Å²) in [5.74, 6) is -0.0486.